The maximum Gasteiger partial charge on any atom is 0.410 e. The first-order chi connectivity index (χ1) is 11.1. The Morgan fingerprint density at radius 1 is 1.22 bits per heavy atom. The van der Waals surface area contributed by atoms with E-state index in [-0.39, 0.29) is 12.2 Å². The normalized spacial score (nSPS) is 17.2. The van der Waals surface area contributed by atoms with E-state index in [4.69, 9.17) is 21.1 Å². The zero-order valence-electron chi connectivity index (χ0n) is 12.9. The highest BCUT2D eigenvalue weighted by molar-refractivity contribution is 6.31. The van der Waals surface area contributed by atoms with E-state index >= 15 is 0 Å². The molecule has 0 saturated carbocycles. The molecule has 1 atom stereocenters. The number of hydrogen-bond acceptors (Lipinski definition) is 3. The minimum absolute atomic E-state index is 0.0410. The summed E-state index contributed by atoms with van der Waals surface area (Å²) in [6, 6.07) is 15.3. The number of carbonyl (C=O) groups excluding carboxylic acids is 1. The van der Waals surface area contributed by atoms with Gasteiger partial charge in [0.05, 0.1) is 6.54 Å². The lowest BCUT2D eigenvalue weighted by molar-refractivity contribution is 0.137. The van der Waals surface area contributed by atoms with Crippen LogP contribution in [0.1, 0.15) is 18.1 Å². The number of amides is 1. The fourth-order valence-corrected chi connectivity index (χ4v) is 2.68. The number of hydrogen-bond donors (Lipinski definition) is 0. The molecule has 1 aliphatic heterocycles. The summed E-state index contributed by atoms with van der Waals surface area (Å²) < 4.78 is 10.9. The Balaban J connectivity index is 1.57. The maximum atomic E-state index is 11.6. The summed E-state index contributed by atoms with van der Waals surface area (Å²) in [6.07, 6.45) is -0.294. The van der Waals surface area contributed by atoms with Crippen LogP contribution >= 0.6 is 11.6 Å². The molecule has 1 aliphatic rings. The van der Waals surface area contributed by atoms with Gasteiger partial charge < -0.3 is 14.4 Å². The van der Waals surface area contributed by atoms with Crippen molar-refractivity contribution in [3.8, 4) is 5.75 Å². The van der Waals surface area contributed by atoms with Crippen molar-refractivity contribution < 1.29 is 14.3 Å². The summed E-state index contributed by atoms with van der Waals surface area (Å²) in [6.45, 7) is 3.50. The van der Waals surface area contributed by atoms with Crippen molar-refractivity contribution in [1.29, 1.82) is 0 Å². The first-order valence-electron chi connectivity index (χ1n) is 7.52. The number of carbonyl (C=O) groups is 1. The van der Waals surface area contributed by atoms with Crippen molar-refractivity contribution in [3.63, 3.8) is 0 Å². The summed E-state index contributed by atoms with van der Waals surface area (Å²) in [5.41, 5.74) is 1.99. The molecule has 0 radical (unpaired) electrons. The number of ether oxygens (including phenoxy) is 2. The first kappa shape index (κ1) is 15.7. The molecule has 0 bridgehead atoms. The highest BCUT2D eigenvalue weighted by Crippen LogP contribution is 2.20. The second kappa shape index (κ2) is 6.92. The van der Waals surface area contributed by atoms with Gasteiger partial charge in [-0.25, -0.2) is 4.79 Å². The Morgan fingerprint density at radius 2 is 1.96 bits per heavy atom. The van der Waals surface area contributed by atoms with E-state index in [1.165, 1.54) is 0 Å². The van der Waals surface area contributed by atoms with Gasteiger partial charge >= 0.3 is 6.09 Å². The lowest BCUT2D eigenvalue weighted by Crippen LogP contribution is -2.24. The van der Waals surface area contributed by atoms with E-state index in [0.29, 0.717) is 24.7 Å². The van der Waals surface area contributed by atoms with Crippen LogP contribution < -0.4 is 4.74 Å². The van der Waals surface area contributed by atoms with Gasteiger partial charge in [0, 0.05) is 17.1 Å². The molecule has 1 heterocycles. The molecule has 0 spiro atoms. The molecule has 2 aromatic carbocycles. The lowest BCUT2D eigenvalue weighted by atomic mass is 10.2. The quantitative estimate of drug-likeness (QED) is 0.821. The third-order valence-corrected chi connectivity index (χ3v) is 4.06. The van der Waals surface area contributed by atoms with Gasteiger partial charge in [0.2, 0.25) is 0 Å². The SMILES string of the molecule is CC1CN(Cc2ccc(OCc3ccccc3Cl)cc2)C(=O)O1. The van der Waals surface area contributed by atoms with Crippen LogP contribution in [0, 0.1) is 0 Å². The van der Waals surface area contributed by atoms with Crippen LogP contribution in [-0.4, -0.2) is 23.6 Å². The van der Waals surface area contributed by atoms with Gasteiger partial charge in [0.1, 0.15) is 18.5 Å². The molecular weight excluding hydrogens is 314 g/mol. The molecule has 4 nitrogen and oxygen atoms in total. The Morgan fingerprint density at radius 3 is 2.61 bits per heavy atom. The zero-order chi connectivity index (χ0) is 16.2. The molecule has 3 rings (SSSR count). The second-order valence-corrected chi connectivity index (χ2v) is 6.01. The van der Waals surface area contributed by atoms with E-state index in [0.717, 1.165) is 16.9 Å². The van der Waals surface area contributed by atoms with Crippen molar-refractivity contribution in [2.24, 2.45) is 0 Å². The highest BCUT2D eigenvalue weighted by Gasteiger charge is 2.27. The summed E-state index contributed by atoms with van der Waals surface area (Å²) >= 11 is 6.11. The van der Waals surface area contributed by atoms with Crippen LogP contribution in [0.15, 0.2) is 48.5 Å². The Bertz CT molecular complexity index is 687. The van der Waals surface area contributed by atoms with Crippen LogP contribution in [0.2, 0.25) is 5.02 Å². The van der Waals surface area contributed by atoms with E-state index in [9.17, 15) is 4.79 Å². The fourth-order valence-electron chi connectivity index (χ4n) is 2.49. The van der Waals surface area contributed by atoms with Gasteiger partial charge in [0.25, 0.3) is 0 Å². The largest absolute Gasteiger partial charge is 0.489 e. The van der Waals surface area contributed by atoms with Crippen molar-refractivity contribution in [2.45, 2.75) is 26.2 Å². The first-order valence-corrected chi connectivity index (χ1v) is 7.90. The van der Waals surface area contributed by atoms with Gasteiger partial charge in [-0.2, -0.15) is 0 Å². The standard InChI is InChI=1S/C18H18ClNO3/c1-13-10-20(18(21)23-13)11-14-6-8-16(9-7-14)22-12-15-4-2-3-5-17(15)19/h2-9,13H,10-12H2,1H3. The lowest BCUT2D eigenvalue weighted by Gasteiger charge is -2.13. The number of nitrogens with zero attached hydrogens (tertiary/aromatic N) is 1. The monoisotopic (exact) mass is 331 g/mol. The predicted octanol–water partition coefficient (Wildman–Crippen LogP) is 4.26. The van der Waals surface area contributed by atoms with E-state index in [1.807, 2.05) is 55.5 Å². The smallest absolute Gasteiger partial charge is 0.410 e. The van der Waals surface area contributed by atoms with Gasteiger partial charge in [-0.3, -0.25) is 0 Å². The molecule has 0 aromatic heterocycles. The molecule has 2 aromatic rings. The maximum absolute atomic E-state index is 11.6. The highest BCUT2D eigenvalue weighted by atomic mass is 35.5. The predicted molar refractivity (Wildman–Crippen MR) is 88.6 cm³/mol. The van der Waals surface area contributed by atoms with Crippen LogP contribution in [0.25, 0.3) is 0 Å². The van der Waals surface area contributed by atoms with Crippen molar-refractivity contribution in [1.82, 2.24) is 4.90 Å². The molecule has 1 unspecified atom stereocenters. The molecule has 120 valence electrons. The van der Waals surface area contributed by atoms with Gasteiger partial charge in [0.15, 0.2) is 0 Å². The molecule has 1 amide bonds. The minimum Gasteiger partial charge on any atom is -0.489 e. The summed E-state index contributed by atoms with van der Waals surface area (Å²) in [7, 11) is 0. The van der Waals surface area contributed by atoms with Crippen molar-refractivity contribution >= 4 is 17.7 Å². The summed E-state index contributed by atoms with van der Waals surface area (Å²) in [4.78, 5) is 13.3. The molecule has 5 heteroatoms. The minimum atomic E-state index is -0.253. The third kappa shape index (κ3) is 3.96. The molecule has 1 fully saturated rings. The number of benzene rings is 2. The number of cyclic esters (lactones) is 1. The van der Waals surface area contributed by atoms with E-state index in [2.05, 4.69) is 0 Å². The third-order valence-electron chi connectivity index (χ3n) is 3.69. The molecule has 0 N–H and O–H groups in total. The van der Waals surface area contributed by atoms with Crippen LogP contribution in [0.5, 0.6) is 5.75 Å². The van der Waals surface area contributed by atoms with Gasteiger partial charge in [-0.05, 0) is 30.7 Å². The van der Waals surface area contributed by atoms with Gasteiger partial charge in [-0.15, -0.1) is 0 Å². The van der Waals surface area contributed by atoms with Crippen molar-refractivity contribution in [3.05, 3.63) is 64.7 Å². The fraction of sp³-hybridized carbons (Fsp3) is 0.278. The Hall–Kier alpha value is -2.20. The molecule has 23 heavy (non-hydrogen) atoms. The van der Waals surface area contributed by atoms with Crippen molar-refractivity contribution in [2.75, 3.05) is 6.54 Å². The average Bonchev–Trinajstić information content (AvgIpc) is 2.85. The number of rotatable bonds is 5. The second-order valence-electron chi connectivity index (χ2n) is 5.60. The topological polar surface area (TPSA) is 38.8 Å². The Kier molecular flexibility index (Phi) is 4.72. The van der Waals surface area contributed by atoms with Crippen LogP contribution in [-0.2, 0) is 17.9 Å². The summed E-state index contributed by atoms with van der Waals surface area (Å²) in [5.74, 6) is 0.769. The number of halogens is 1. The van der Waals surface area contributed by atoms with Gasteiger partial charge in [-0.1, -0.05) is 41.9 Å². The van der Waals surface area contributed by atoms with Crippen LogP contribution in [0.4, 0.5) is 4.79 Å². The van der Waals surface area contributed by atoms with Crippen LogP contribution in [0.3, 0.4) is 0 Å². The molecule has 0 aliphatic carbocycles. The summed E-state index contributed by atoms with van der Waals surface area (Å²) in [5, 5.41) is 0.700. The zero-order valence-corrected chi connectivity index (χ0v) is 13.6. The molecular formula is C18H18ClNO3. The average molecular weight is 332 g/mol. The van der Waals surface area contributed by atoms with E-state index in [1.54, 1.807) is 4.90 Å². The molecule has 1 saturated heterocycles. The Labute approximate surface area is 140 Å². The van der Waals surface area contributed by atoms with E-state index < -0.39 is 0 Å².